The zero-order valence-electron chi connectivity index (χ0n) is 11.4. The monoisotopic (exact) mass is 287 g/mol. The van der Waals surface area contributed by atoms with Gasteiger partial charge in [-0.2, -0.15) is 0 Å². The molecule has 0 aromatic heterocycles. The average molecular weight is 287 g/mol. The number of rotatable bonds is 5. The molecule has 0 radical (unpaired) electrons. The molecule has 0 saturated heterocycles. The van der Waals surface area contributed by atoms with Gasteiger partial charge in [0.25, 0.3) is 5.91 Å². The van der Waals surface area contributed by atoms with Gasteiger partial charge >= 0.3 is 0 Å². The van der Waals surface area contributed by atoms with Gasteiger partial charge in [-0.15, -0.1) is 0 Å². The van der Waals surface area contributed by atoms with Gasteiger partial charge in [-0.25, -0.2) is 4.39 Å². The lowest BCUT2D eigenvalue weighted by atomic mass is 10.1. The fraction of sp³-hybridized carbons (Fsp3) is 0.125. The number of halogens is 1. The maximum absolute atomic E-state index is 13.4. The molecule has 0 saturated carbocycles. The van der Waals surface area contributed by atoms with Gasteiger partial charge in [0.2, 0.25) is 0 Å². The van der Waals surface area contributed by atoms with Crippen LogP contribution in [0, 0.1) is 5.82 Å². The normalized spacial score (nSPS) is 10.0. The first-order chi connectivity index (χ1) is 10.1. The lowest BCUT2D eigenvalue weighted by Crippen LogP contribution is -2.21. The fourth-order valence-electron chi connectivity index (χ4n) is 1.78. The molecule has 0 aliphatic carbocycles. The van der Waals surface area contributed by atoms with Crippen molar-refractivity contribution in [3.63, 3.8) is 0 Å². The molecular formula is C16H14FNO3. The molecule has 0 bridgehead atoms. The minimum Gasteiger partial charge on any atom is -0.483 e. The summed E-state index contributed by atoms with van der Waals surface area (Å²) in [6.07, 6.45) is 0. The fourth-order valence-corrected chi connectivity index (χ4v) is 1.78. The Labute approximate surface area is 121 Å². The van der Waals surface area contributed by atoms with Crippen LogP contribution in [0.5, 0.6) is 5.75 Å². The van der Waals surface area contributed by atoms with Crippen LogP contribution in [0.15, 0.2) is 48.5 Å². The number of anilines is 1. The van der Waals surface area contributed by atoms with Crippen LogP contribution in [-0.4, -0.2) is 18.3 Å². The van der Waals surface area contributed by atoms with Gasteiger partial charge in [0.05, 0.1) is 11.3 Å². The van der Waals surface area contributed by atoms with Crippen LogP contribution < -0.4 is 10.1 Å². The highest BCUT2D eigenvalue weighted by molar-refractivity contribution is 5.97. The number of carbonyl (C=O) groups is 2. The highest BCUT2D eigenvalue weighted by Crippen LogP contribution is 2.18. The highest BCUT2D eigenvalue weighted by Gasteiger charge is 2.10. The Balaban J connectivity index is 1.99. The number of nitrogens with one attached hydrogen (secondary N) is 1. The van der Waals surface area contributed by atoms with Crippen molar-refractivity contribution < 1.29 is 18.7 Å². The number of hydrogen-bond donors (Lipinski definition) is 1. The molecule has 1 amide bonds. The molecule has 2 rings (SSSR count). The zero-order valence-corrected chi connectivity index (χ0v) is 11.4. The second-order valence-corrected chi connectivity index (χ2v) is 4.37. The van der Waals surface area contributed by atoms with E-state index in [9.17, 15) is 14.0 Å². The van der Waals surface area contributed by atoms with Crippen LogP contribution in [0.3, 0.4) is 0 Å². The van der Waals surface area contributed by atoms with Gasteiger partial charge < -0.3 is 10.1 Å². The van der Waals surface area contributed by atoms with Gasteiger partial charge in [-0.3, -0.25) is 9.59 Å². The second kappa shape index (κ2) is 6.65. The predicted molar refractivity (Wildman–Crippen MR) is 77.0 cm³/mol. The third kappa shape index (κ3) is 3.89. The molecule has 5 heteroatoms. The number of hydrogen-bond acceptors (Lipinski definition) is 3. The van der Waals surface area contributed by atoms with E-state index < -0.39 is 11.7 Å². The number of carbonyl (C=O) groups excluding carboxylic acids is 2. The summed E-state index contributed by atoms with van der Waals surface area (Å²) < 4.78 is 18.7. The Kier molecular flexibility index (Phi) is 4.66. The molecule has 0 heterocycles. The first kappa shape index (κ1) is 14.7. The third-order valence-electron chi connectivity index (χ3n) is 2.77. The molecule has 0 fully saturated rings. The Bertz CT molecular complexity index is 670. The molecule has 0 aliphatic rings. The van der Waals surface area contributed by atoms with Crippen LogP contribution >= 0.6 is 0 Å². The molecule has 1 N–H and O–H groups in total. The number of para-hydroxylation sites is 2. The first-order valence-corrected chi connectivity index (χ1v) is 6.35. The van der Waals surface area contributed by atoms with Crippen LogP contribution in [0.25, 0.3) is 0 Å². The van der Waals surface area contributed by atoms with Crippen molar-refractivity contribution in [1.29, 1.82) is 0 Å². The summed E-state index contributed by atoms with van der Waals surface area (Å²) in [4.78, 5) is 23.1. The van der Waals surface area contributed by atoms with Gasteiger partial charge in [0, 0.05) is 0 Å². The van der Waals surface area contributed by atoms with Crippen molar-refractivity contribution in [1.82, 2.24) is 0 Å². The van der Waals surface area contributed by atoms with E-state index in [1.54, 1.807) is 30.3 Å². The molecule has 4 nitrogen and oxygen atoms in total. The smallest absolute Gasteiger partial charge is 0.262 e. The van der Waals surface area contributed by atoms with E-state index in [1.165, 1.54) is 25.1 Å². The second-order valence-electron chi connectivity index (χ2n) is 4.37. The van der Waals surface area contributed by atoms with E-state index in [0.29, 0.717) is 11.3 Å². The standard InChI is InChI=1S/C16H14FNO3/c1-11(19)12-6-2-5-9-15(12)21-10-16(20)18-14-8-4-3-7-13(14)17/h2-9H,10H2,1H3,(H,18,20). The largest absolute Gasteiger partial charge is 0.483 e. The van der Waals surface area contributed by atoms with Crippen LogP contribution in [0.1, 0.15) is 17.3 Å². The van der Waals surface area contributed by atoms with Crippen molar-refractivity contribution in [3.8, 4) is 5.75 Å². The van der Waals surface area contributed by atoms with E-state index in [-0.39, 0.29) is 18.1 Å². The molecule has 0 unspecified atom stereocenters. The number of amides is 1. The number of ketones is 1. The van der Waals surface area contributed by atoms with E-state index in [4.69, 9.17) is 4.74 Å². The van der Waals surface area contributed by atoms with E-state index in [0.717, 1.165) is 0 Å². The van der Waals surface area contributed by atoms with Gasteiger partial charge in [-0.1, -0.05) is 24.3 Å². The average Bonchev–Trinajstić information content (AvgIpc) is 2.48. The Morgan fingerprint density at radius 2 is 1.76 bits per heavy atom. The number of Topliss-reactive ketones (excluding diaryl/α,β-unsaturated/α-hetero) is 1. The molecule has 108 valence electrons. The lowest BCUT2D eigenvalue weighted by molar-refractivity contribution is -0.118. The van der Waals surface area contributed by atoms with Crippen molar-refractivity contribution in [2.24, 2.45) is 0 Å². The Morgan fingerprint density at radius 3 is 2.48 bits per heavy atom. The summed E-state index contributed by atoms with van der Waals surface area (Å²) in [6, 6.07) is 12.5. The maximum atomic E-state index is 13.4. The molecule has 0 atom stereocenters. The molecule has 21 heavy (non-hydrogen) atoms. The molecule has 0 aliphatic heterocycles. The van der Waals surface area contributed by atoms with E-state index in [1.807, 2.05) is 0 Å². The summed E-state index contributed by atoms with van der Waals surface area (Å²) in [7, 11) is 0. The van der Waals surface area contributed by atoms with Gasteiger partial charge in [-0.05, 0) is 31.2 Å². The number of ether oxygens (including phenoxy) is 1. The molecular weight excluding hydrogens is 273 g/mol. The molecule has 0 spiro atoms. The molecule has 2 aromatic rings. The summed E-state index contributed by atoms with van der Waals surface area (Å²) in [5, 5.41) is 2.41. The SMILES string of the molecule is CC(=O)c1ccccc1OCC(=O)Nc1ccccc1F. The van der Waals surface area contributed by atoms with Crippen molar-refractivity contribution in [2.75, 3.05) is 11.9 Å². The minimum atomic E-state index is -0.519. The quantitative estimate of drug-likeness (QED) is 0.860. The van der Waals surface area contributed by atoms with Gasteiger partial charge in [0.15, 0.2) is 12.4 Å². The van der Waals surface area contributed by atoms with Crippen LogP contribution in [0.4, 0.5) is 10.1 Å². The summed E-state index contributed by atoms with van der Waals surface area (Å²) >= 11 is 0. The maximum Gasteiger partial charge on any atom is 0.262 e. The van der Waals surface area contributed by atoms with Crippen LogP contribution in [0.2, 0.25) is 0 Å². The third-order valence-corrected chi connectivity index (χ3v) is 2.77. The predicted octanol–water partition coefficient (Wildman–Crippen LogP) is 3.05. The van der Waals surface area contributed by atoms with Crippen molar-refractivity contribution in [2.45, 2.75) is 6.92 Å². The summed E-state index contributed by atoms with van der Waals surface area (Å²) in [6.45, 7) is 1.11. The van der Waals surface area contributed by atoms with Crippen molar-refractivity contribution >= 4 is 17.4 Å². The van der Waals surface area contributed by atoms with Crippen LogP contribution in [-0.2, 0) is 4.79 Å². The first-order valence-electron chi connectivity index (χ1n) is 6.35. The summed E-state index contributed by atoms with van der Waals surface area (Å²) in [5.74, 6) is -0.845. The summed E-state index contributed by atoms with van der Waals surface area (Å²) in [5.41, 5.74) is 0.488. The lowest BCUT2D eigenvalue weighted by Gasteiger charge is -2.10. The van der Waals surface area contributed by atoms with E-state index >= 15 is 0 Å². The Morgan fingerprint density at radius 1 is 1.10 bits per heavy atom. The van der Waals surface area contributed by atoms with Crippen molar-refractivity contribution in [3.05, 3.63) is 59.9 Å². The zero-order chi connectivity index (χ0) is 15.2. The topological polar surface area (TPSA) is 55.4 Å². The Hall–Kier alpha value is -2.69. The van der Waals surface area contributed by atoms with E-state index in [2.05, 4.69) is 5.32 Å². The highest BCUT2D eigenvalue weighted by atomic mass is 19.1. The number of benzene rings is 2. The van der Waals surface area contributed by atoms with Gasteiger partial charge in [0.1, 0.15) is 11.6 Å². The minimum absolute atomic E-state index is 0.0888. The molecule has 2 aromatic carbocycles.